The number of H-pyrrole nitrogens is 1. The minimum absolute atomic E-state index is 0.104. The zero-order valence-electron chi connectivity index (χ0n) is 14.3. The van der Waals surface area contributed by atoms with Crippen LogP contribution in [-0.4, -0.2) is 24.8 Å². The number of hydrogen-bond acceptors (Lipinski definition) is 8. The summed E-state index contributed by atoms with van der Waals surface area (Å²) in [6, 6.07) is 3.89. The molecule has 0 fully saturated rings. The second-order valence-electron chi connectivity index (χ2n) is 5.83. The fourth-order valence-electron chi connectivity index (χ4n) is 2.61. The van der Waals surface area contributed by atoms with Crippen LogP contribution >= 0.6 is 34.4 Å². The zero-order chi connectivity index (χ0) is 18.4. The van der Waals surface area contributed by atoms with Gasteiger partial charge in [-0.1, -0.05) is 17.8 Å². The van der Waals surface area contributed by atoms with Gasteiger partial charge in [0.05, 0.1) is 15.5 Å². The molecule has 0 amide bonds. The minimum Gasteiger partial charge on any atom is -0.335 e. The van der Waals surface area contributed by atoms with E-state index in [4.69, 9.17) is 5.84 Å². The number of nitrogens with zero attached hydrogens (tertiary/aromatic N) is 4. The molecule has 3 N–H and O–H groups in total. The Morgan fingerprint density at radius 3 is 2.88 bits per heavy atom. The molecule has 4 aromatic heterocycles. The van der Waals surface area contributed by atoms with Crippen molar-refractivity contribution in [2.24, 2.45) is 0 Å². The maximum Gasteiger partial charge on any atom is 0.259 e. The standard InChI is InChI=1S/C16H16N6OS3/c1-7-8(2)25-15-11(7)14(23)18-12(19-15)9(3)26-16-21-20-13(22(16)17)10-5-4-6-24-10/h4-6,9H,17H2,1-3H3,(H,18,19,23). The molecule has 0 radical (unpaired) electrons. The molecule has 10 heteroatoms. The maximum atomic E-state index is 12.5. The highest BCUT2D eigenvalue weighted by Crippen LogP contribution is 2.34. The van der Waals surface area contributed by atoms with Gasteiger partial charge in [-0.25, -0.2) is 9.66 Å². The van der Waals surface area contributed by atoms with Crippen LogP contribution in [-0.2, 0) is 0 Å². The second kappa shape index (κ2) is 6.53. The molecule has 7 nitrogen and oxygen atoms in total. The number of nitrogens with two attached hydrogens (primary N) is 1. The summed E-state index contributed by atoms with van der Waals surface area (Å²) in [5, 5.41) is 11.4. The Hall–Kier alpha value is -2.17. The molecule has 0 aromatic carbocycles. The monoisotopic (exact) mass is 404 g/mol. The maximum absolute atomic E-state index is 12.5. The van der Waals surface area contributed by atoms with E-state index in [1.54, 1.807) is 11.3 Å². The Morgan fingerprint density at radius 1 is 1.35 bits per heavy atom. The van der Waals surface area contributed by atoms with Gasteiger partial charge in [0.1, 0.15) is 10.7 Å². The van der Waals surface area contributed by atoms with Gasteiger partial charge in [-0.2, -0.15) is 0 Å². The molecule has 0 aliphatic carbocycles. The summed E-state index contributed by atoms with van der Waals surface area (Å²) < 4.78 is 1.48. The molecule has 1 unspecified atom stereocenters. The van der Waals surface area contributed by atoms with Crippen molar-refractivity contribution in [2.45, 2.75) is 31.2 Å². The third-order valence-corrected chi connectivity index (χ3v) is 7.16. The van der Waals surface area contributed by atoms with Gasteiger partial charge >= 0.3 is 0 Å². The number of thiophene rings is 2. The SMILES string of the molecule is Cc1sc2nc(C(C)Sc3nnc(-c4cccs4)n3N)[nH]c(=O)c2c1C. The lowest BCUT2D eigenvalue weighted by Gasteiger charge is -2.10. The van der Waals surface area contributed by atoms with Gasteiger partial charge in [0.2, 0.25) is 5.16 Å². The van der Waals surface area contributed by atoms with E-state index in [2.05, 4.69) is 20.2 Å². The molecule has 4 aromatic rings. The summed E-state index contributed by atoms with van der Waals surface area (Å²) >= 11 is 4.50. The summed E-state index contributed by atoms with van der Waals surface area (Å²) in [6.07, 6.45) is 0. The molecule has 4 rings (SSSR count). The molecule has 0 aliphatic rings. The van der Waals surface area contributed by atoms with Crippen LogP contribution in [0.25, 0.3) is 20.9 Å². The number of aromatic nitrogens is 5. The average Bonchev–Trinajstić information content (AvgIpc) is 3.30. The molecule has 26 heavy (non-hydrogen) atoms. The molecule has 0 bridgehead atoms. The molecule has 4 heterocycles. The van der Waals surface area contributed by atoms with Gasteiger partial charge in [0.15, 0.2) is 5.82 Å². The van der Waals surface area contributed by atoms with Crippen LogP contribution < -0.4 is 11.4 Å². The first-order chi connectivity index (χ1) is 12.5. The van der Waals surface area contributed by atoms with Gasteiger partial charge < -0.3 is 10.8 Å². The van der Waals surface area contributed by atoms with Crippen LogP contribution in [0.5, 0.6) is 0 Å². The fourth-order valence-corrected chi connectivity index (χ4v) is 5.18. The molecular formula is C16H16N6OS3. The fraction of sp³-hybridized carbons (Fsp3) is 0.250. The number of aryl methyl sites for hydroxylation is 2. The third kappa shape index (κ3) is 2.83. The number of hydrogen-bond donors (Lipinski definition) is 2. The first-order valence-electron chi connectivity index (χ1n) is 7.86. The first-order valence-corrected chi connectivity index (χ1v) is 10.4. The zero-order valence-corrected chi connectivity index (χ0v) is 16.8. The van der Waals surface area contributed by atoms with Crippen molar-refractivity contribution in [1.29, 1.82) is 0 Å². The van der Waals surface area contributed by atoms with E-state index >= 15 is 0 Å². The Balaban J connectivity index is 1.66. The van der Waals surface area contributed by atoms with E-state index in [0.29, 0.717) is 22.2 Å². The minimum atomic E-state index is -0.127. The smallest absolute Gasteiger partial charge is 0.259 e. The molecule has 0 saturated carbocycles. The largest absolute Gasteiger partial charge is 0.335 e. The summed E-state index contributed by atoms with van der Waals surface area (Å²) in [6.45, 7) is 5.91. The van der Waals surface area contributed by atoms with Gasteiger partial charge in [-0.15, -0.1) is 32.9 Å². The Morgan fingerprint density at radius 2 is 2.15 bits per heavy atom. The van der Waals surface area contributed by atoms with Crippen LogP contribution in [0.15, 0.2) is 27.5 Å². The second-order valence-corrected chi connectivity index (χ2v) is 9.29. The lowest BCUT2D eigenvalue weighted by molar-refractivity contribution is 0.836. The number of aromatic amines is 1. The van der Waals surface area contributed by atoms with Crippen LogP contribution in [0, 0.1) is 13.8 Å². The van der Waals surface area contributed by atoms with Crippen LogP contribution in [0.1, 0.15) is 28.4 Å². The van der Waals surface area contributed by atoms with Gasteiger partial charge in [-0.05, 0) is 37.8 Å². The summed E-state index contributed by atoms with van der Waals surface area (Å²) in [7, 11) is 0. The van der Waals surface area contributed by atoms with Crippen molar-refractivity contribution in [3.63, 3.8) is 0 Å². The average molecular weight is 405 g/mol. The Labute approximate surface area is 161 Å². The van der Waals surface area contributed by atoms with Crippen molar-refractivity contribution in [2.75, 3.05) is 5.84 Å². The van der Waals surface area contributed by atoms with Gasteiger partial charge in [0.25, 0.3) is 5.56 Å². The lowest BCUT2D eigenvalue weighted by atomic mass is 10.2. The summed E-state index contributed by atoms with van der Waals surface area (Å²) in [5.41, 5.74) is 0.890. The van der Waals surface area contributed by atoms with E-state index in [-0.39, 0.29) is 10.8 Å². The van der Waals surface area contributed by atoms with Crippen LogP contribution in [0.4, 0.5) is 0 Å². The van der Waals surface area contributed by atoms with E-state index in [1.165, 1.54) is 27.8 Å². The van der Waals surface area contributed by atoms with Crippen LogP contribution in [0.2, 0.25) is 0 Å². The van der Waals surface area contributed by atoms with Crippen molar-refractivity contribution in [3.8, 4) is 10.7 Å². The molecule has 0 spiro atoms. The summed E-state index contributed by atoms with van der Waals surface area (Å²) in [5.74, 6) is 7.38. The molecule has 0 aliphatic heterocycles. The molecule has 134 valence electrons. The number of nitrogen functional groups attached to an aromatic ring is 1. The van der Waals surface area contributed by atoms with Crippen molar-refractivity contribution in [3.05, 3.63) is 44.1 Å². The quantitative estimate of drug-likeness (QED) is 0.399. The highest BCUT2D eigenvalue weighted by atomic mass is 32.2. The molecule has 1 atom stereocenters. The van der Waals surface area contributed by atoms with Gasteiger partial charge in [0, 0.05) is 4.88 Å². The topological polar surface area (TPSA) is 102 Å². The lowest BCUT2D eigenvalue weighted by Crippen LogP contribution is -2.14. The molecule has 0 saturated heterocycles. The highest BCUT2D eigenvalue weighted by Gasteiger charge is 2.20. The van der Waals surface area contributed by atoms with E-state index in [9.17, 15) is 4.79 Å². The number of nitrogens with one attached hydrogen (secondary N) is 1. The Bertz CT molecular complexity index is 1140. The molecular weight excluding hydrogens is 388 g/mol. The predicted molar refractivity (Wildman–Crippen MR) is 107 cm³/mol. The highest BCUT2D eigenvalue weighted by molar-refractivity contribution is 7.99. The van der Waals surface area contributed by atoms with Crippen molar-refractivity contribution in [1.82, 2.24) is 24.8 Å². The van der Waals surface area contributed by atoms with E-state index in [1.807, 2.05) is 38.3 Å². The first kappa shape index (κ1) is 17.3. The third-order valence-electron chi connectivity index (χ3n) is 4.13. The predicted octanol–water partition coefficient (Wildman–Crippen LogP) is 3.49. The van der Waals surface area contributed by atoms with Crippen molar-refractivity contribution >= 4 is 44.7 Å². The number of thioether (sulfide) groups is 1. The van der Waals surface area contributed by atoms with E-state index < -0.39 is 0 Å². The van der Waals surface area contributed by atoms with Gasteiger partial charge in [-0.3, -0.25) is 4.79 Å². The van der Waals surface area contributed by atoms with E-state index in [0.717, 1.165) is 20.1 Å². The van der Waals surface area contributed by atoms with Crippen molar-refractivity contribution < 1.29 is 0 Å². The number of rotatable bonds is 4. The number of fused-ring (bicyclic) bond motifs is 1. The summed E-state index contributed by atoms with van der Waals surface area (Å²) in [4.78, 5) is 22.8. The Kier molecular flexibility index (Phi) is 4.33. The normalized spacial score (nSPS) is 12.7. The van der Waals surface area contributed by atoms with Crippen LogP contribution in [0.3, 0.4) is 0 Å².